The van der Waals surface area contributed by atoms with Crippen molar-refractivity contribution < 1.29 is 17.9 Å². The van der Waals surface area contributed by atoms with Gasteiger partial charge >= 0.3 is 0 Å². The molecule has 0 bridgehead atoms. The van der Waals surface area contributed by atoms with Crippen LogP contribution in [0.15, 0.2) is 57.9 Å². The van der Waals surface area contributed by atoms with E-state index in [2.05, 4.69) is 27.6 Å². The first-order valence-corrected chi connectivity index (χ1v) is 12.0. The van der Waals surface area contributed by atoms with Crippen LogP contribution in [0.4, 0.5) is 5.69 Å². The van der Waals surface area contributed by atoms with Gasteiger partial charge in [-0.2, -0.15) is 0 Å². The molecule has 1 aliphatic rings. The summed E-state index contributed by atoms with van der Waals surface area (Å²) in [4.78, 5) is 14.9. The van der Waals surface area contributed by atoms with Gasteiger partial charge in [0.05, 0.1) is 11.0 Å². The molecule has 0 saturated carbocycles. The summed E-state index contributed by atoms with van der Waals surface area (Å²) in [6.45, 7) is 4.00. The molecule has 1 N–H and O–H groups in total. The van der Waals surface area contributed by atoms with Crippen LogP contribution >= 0.6 is 15.9 Å². The molecule has 0 spiro atoms. The predicted molar refractivity (Wildman–Crippen MR) is 117 cm³/mol. The molecule has 3 rings (SSSR count). The minimum Gasteiger partial charge on any atom is -0.376 e. The standard InChI is InChI=1S/C21H25BrN2O4S/c1-2-13-28-19-7-4-12-24(15-19)21(25)16-5-3-6-18(14-16)23-29(26,27)20-10-8-17(22)9-11-20/h3,5-6,8-11,14,19,23H,2,4,7,12-13,15H2,1H3. The van der Waals surface area contributed by atoms with Crippen molar-refractivity contribution in [1.82, 2.24) is 4.90 Å². The molecule has 29 heavy (non-hydrogen) atoms. The highest BCUT2D eigenvalue weighted by atomic mass is 79.9. The minimum absolute atomic E-state index is 0.0618. The van der Waals surface area contributed by atoms with E-state index in [0.29, 0.717) is 30.9 Å². The van der Waals surface area contributed by atoms with Gasteiger partial charge < -0.3 is 9.64 Å². The van der Waals surface area contributed by atoms with Crippen molar-refractivity contribution in [2.75, 3.05) is 24.4 Å². The lowest BCUT2D eigenvalue weighted by Crippen LogP contribution is -2.43. The third-order valence-corrected chi connectivity index (χ3v) is 6.63. The van der Waals surface area contributed by atoms with Gasteiger partial charge in [-0.1, -0.05) is 28.9 Å². The molecule has 1 atom stereocenters. The Kier molecular flexibility index (Phi) is 7.32. The molecule has 1 saturated heterocycles. The van der Waals surface area contributed by atoms with E-state index in [-0.39, 0.29) is 16.9 Å². The number of ether oxygens (including phenoxy) is 1. The highest BCUT2D eigenvalue weighted by molar-refractivity contribution is 9.10. The van der Waals surface area contributed by atoms with Gasteiger partial charge in [-0.25, -0.2) is 8.42 Å². The predicted octanol–water partition coefficient (Wildman–Crippen LogP) is 4.28. The van der Waals surface area contributed by atoms with Gasteiger partial charge in [0.25, 0.3) is 15.9 Å². The number of anilines is 1. The number of hydrogen-bond acceptors (Lipinski definition) is 4. The van der Waals surface area contributed by atoms with Crippen molar-refractivity contribution >= 4 is 37.5 Å². The van der Waals surface area contributed by atoms with Crippen LogP contribution in [-0.4, -0.2) is 45.0 Å². The minimum atomic E-state index is -3.73. The number of carbonyl (C=O) groups is 1. The second-order valence-electron chi connectivity index (χ2n) is 7.03. The van der Waals surface area contributed by atoms with Crippen molar-refractivity contribution in [3.63, 3.8) is 0 Å². The Balaban J connectivity index is 1.72. The zero-order valence-corrected chi connectivity index (χ0v) is 18.7. The number of benzene rings is 2. The third-order valence-electron chi connectivity index (χ3n) is 4.71. The van der Waals surface area contributed by atoms with E-state index in [1.54, 1.807) is 41.3 Å². The van der Waals surface area contributed by atoms with Crippen molar-refractivity contribution in [3.05, 3.63) is 58.6 Å². The number of nitrogens with zero attached hydrogens (tertiary/aromatic N) is 1. The van der Waals surface area contributed by atoms with Crippen LogP contribution in [0.25, 0.3) is 0 Å². The van der Waals surface area contributed by atoms with Crippen LogP contribution in [0.1, 0.15) is 36.5 Å². The summed E-state index contributed by atoms with van der Waals surface area (Å²) in [5, 5.41) is 0. The quantitative estimate of drug-likeness (QED) is 0.641. The molecule has 2 aromatic rings. The second-order valence-corrected chi connectivity index (χ2v) is 9.62. The summed E-state index contributed by atoms with van der Waals surface area (Å²) in [7, 11) is -3.73. The zero-order valence-electron chi connectivity index (χ0n) is 16.3. The number of hydrogen-bond donors (Lipinski definition) is 1. The maximum atomic E-state index is 12.9. The zero-order chi connectivity index (χ0) is 20.9. The first kappa shape index (κ1) is 21.8. The van der Waals surface area contributed by atoms with Crippen LogP contribution in [-0.2, 0) is 14.8 Å². The van der Waals surface area contributed by atoms with Gasteiger partial charge in [0, 0.05) is 35.4 Å². The number of sulfonamides is 1. The SMILES string of the molecule is CCCOC1CCCN(C(=O)c2cccc(NS(=O)(=O)c3ccc(Br)cc3)c2)C1. The molecule has 1 aliphatic heterocycles. The van der Waals surface area contributed by atoms with Crippen molar-refractivity contribution in [3.8, 4) is 0 Å². The average molecular weight is 481 g/mol. The molecule has 2 aromatic carbocycles. The summed E-state index contributed by atoms with van der Waals surface area (Å²) in [6, 6.07) is 13.0. The number of piperidine rings is 1. The van der Waals surface area contributed by atoms with Crippen LogP contribution in [0, 0.1) is 0 Å². The van der Waals surface area contributed by atoms with E-state index in [4.69, 9.17) is 4.74 Å². The lowest BCUT2D eigenvalue weighted by atomic mass is 10.1. The van der Waals surface area contributed by atoms with E-state index in [0.717, 1.165) is 23.7 Å². The first-order valence-electron chi connectivity index (χ1n) is 9.68. The van der Waals surface area contributed by atoms with Gasteiger partial charge in [0.15, 0.2) is 0 Å². The lowest BCUT2D eigenvalue weighted by Gasteiger charge is -2.32. The molecule has 6 nitrogen and oxygen atoms in total. The Labute approximate surface area is 180 Å². The highest BCUT2D eigenvalue weighted by Gasteiger charge is 2.25. The molecular formula is C21H25BrN2O4S. The second kappa shape index (κ2) is 9.73. The normalized spacial score (nSPS) is 17.2. The van der Waals surface area contributed by atoms with Gasteiger partial charge in [-0.3, -0.25) is 9.52 Å². The molecule has 0 aliphatic carbocycles. The monoisotopic (exact) mass is 480 g/mol. The number of amides is 1. The molecule has 0 radical (unpaired) electrons. The van der Waals surface area contributed by atoms with Gasteiger partial charge in [-0.05, 0) is 61.7 Å². The Morgan fingerprint density at radius 2 is 2.00 bits per heavy atom. The third kappa shape index (κ3) is 5.81. The number of carbonyl (C=O) groups excluding carboxylic acids is 1. The summed E-state index contributed by atoms with van der Waals surface area (Å²) in [5.74, 6) is -0.112. The van der Waals surface area contributed by atoms with Crippen molar-refractivity contribution in [1.29, 1.82) is 0 Å². The molecule has 1 fully saturated rings. The largest absolute Gasteiger partial charge is 0.376 e. The lowest BCUT2D eigenvalue weighted by molar-refractivity contribution is 0.00211. The average Bonchev–Trinajstić information content (AvgIpc) is 2.72. The van der Waals surface area contributed by atoms with Gasteiger partial charge in [0.1, 0.15) is 0 Å². The van der Waals surface area contributed by atoms with E-state index < -0.39 is 10.0 Å². The summed E-state index contributed by atoms with van der Waals surface area (Å²) < 4.78 is 34.4. The molecule has 1 heterocycles. The van der Waals surface area contributed by atoms with Gasteiger partial charge in [0.2, 0.25) is 0 Å². The van der Waals surface area contributed by atoms with E-state index >= 15 is 0 Å². The first-order chi connectivity index (χ1) is 13.9. The van der Waals surface area contributed by atoms with E-state index in [1.165, 1.54) is 12.1 Å². The molecular weight excluding hydrogens is 456 g/mol. The fourth-order valence-electron chi connectivity index (χ4n) is 3.27. The number of nitrogens with one attached hydrogen (secondary N) is 1. The fourth-order valence-corrected chi connectivity index (χ4v) is 4.58. The maximum absolute atomic E-state index is 12.9. The topological polar surface area (TPSA) is 75.7 Å². The summed E-state index contributed by atoms with van der Waals surface area (Å²) in [6.07, 6.45) is 2.87. The molecule has 1 unspecified atom stereocenters. The van der Waals surface area contributed by atoms with Crippen LogP contribution in [0.2, 0.25) is 0 Å². The smallest absolute Gasteiger partial charge is 0.261 e. The Hall–Kier alpha value is -1.90. The summed E-state index contributed by atoms with van der Waals surface area (Å²) >= 11 is 3.29. The molecule has 8 heteroatoms. The number of halogens is 1. The van der Waals surface area contributed by atoms with Crippen LogP contribution in [0.3, 0.4) is 0 Å². The Morgan fingerprint density at radius 1 is 1.24 bits per heavy atom. The summed E-state index contributed by atoms with van der Waals surface area (Å²) in [5.41, 5.74) is 0.812. The molecule has 0 aromatic heterocycles. The maximum Gasteiger partial charge on any atom is 0.261 e. The van der Waals surface area contributed by atoms with Crippen molar-refractivity contribution in [2.24, 2.45) is 0 Å². The Bertz CT molecular complexity index is 947. The highest BCUT2D eigenvalue weighted by Crippen LogP contribution is 2.21. The molecule has 1 amide bonds. The van der Waals surface area contributed by atoms with Gasteiger partial charge in [-0.15, -0.1) is 0 Å². The molecule has 156 valence electrons. The number of likely N-dealkylation sites (tertiary alicyclic amines) is 1. The van der Waals surface area contributed by atoms with Crippen LogP contribution in [0.5, 0.6) is 0 Å². The van der Waals surface area contributed by atoms with Crippen molar-refractivity contribution in [2.45, 2.75) is 37.2 Å². The fraction of sp³-hybridized carbons (Fsp3) is 0.381. The van der Waals surface area contributed by atoms with E-state index in [1.807, 2.05) is 0 Å². The van der Waals surface area contributed by atoms with Crippen LogP contribution < -0.4 is 4.72 Å². The number of rotatable bonds is 7. The van der Waals surface area contributed by atoms with E-state index in [9.17, 15) is 13.2 Å². The Morgan fingerprint density at radius 3 is 2.72 bits per heavy atom.